The molecule has 1 unspecified atom stereocenters. The van der Waals surface area contributed by atoms with Gasteiger partial charge in [-0.25, -0.2) is 5.43 Å². The van der Waals surface area contributed by atoms with Crippen LogP contribution < -0.4 is 16.5 Å². The molecular weight excluding hydrogens is 312 g/mol. The molecule has 1 heterocycles. The van der Waals surface area contributed by atoms with Gasteiger partial charge < -0.3 is 16.2 Å². The van der Waals surface area contributed by atoms with Crippen LogP contribution in [0.5, 0.6) is 0 Å². The van der Waals surface area contributed by atoms with Gasteiger partial charge in [0.15, 0.2) is 0 Å². The van der Waals surface area contributed by atoms with Gasteiger partial charge in [-0.3, -0.25) is 14.4 Å². The van der Waals surface area contributed by atoms with Crippen LogP contribution in [-0.2, 0) is 14.4 Å². The van der Waals surface area contributed by atoms with Crippen LogP contribution in [0.4, 0.5) is 5.69 Å². The quantitative estimate of drug-likeness (QED) is 0.607. The van der Waals surface area contributed by atoms with Gasteiger partial charge in [0.05, 0.1) is 11.8 Å². The van der Waals surface area contributed by atoms with Crippen LogP contribution in [0.2, 0.25) is 0 Å². The minimum atomic E-state index is -0.989. The van der Waals surface area contributed by atoms with Crippen molar-refractivity contribution in [3.05, 3.63) is 29.8 Å². The van der Waals surface area contributed by atoms with Gasteiger partial charge in [-0.1, -0.05) is 19.1 Å². The number of nitrogens with zero attached hydrogens (tertiary/aromatic N) is 1. The lowest BCUT2D eigenvalue weighted by Crippen LogP contribution is -2.36. The molecular formula is C16H20N4O4. The van der Waals surface area contributed by atoms with Crippen molar-refractivity contribution in [2.75, 3.05) is 5.32 Å². The molecule has 0 aromatic heterocycles. The fourth-order valence-electron chi connectivity index (χ4n) is 2.37. The number of nitrogens with one attached hydrogen (secondary N) is 2. The van der Waals surface area contributed by atoms with E-state index in [1.807, 2.05) is 6.92 Å². The van der Waals surface area contributed by atoms with Crippen molar-refractivity contribution in [1.82, 2.24) is 5.43 Å². The summed E-state index contributed by atoms with van der Waals surface area (Å²) in [5.74, 6) is -1.51. The second-order valence-corrected chi connectivity index (χ2v) is 5.74. The van der Waals surface area contributed by atoms with Crippen molar-refractivity contribution in [3.8, 4) is 0 Å². The standard InChI is InChI=1S/C16H20N4O4/c1-9-8-13(21)19-20-15(9)10-2-4-11(5-3-10)18-16(24)12(17)6-7-14(22)23/h2-5,9,12H,6-8,17H2,1H3,(H,18,24)(H,19,21)(H,22,23)/t9?,12-/m1/s1. The molecule has 8 nitrogen and oxygen atoms in total. The molecule has 128 valence electrons. The summed E-state index contributed by atoms with van der Waals surface area (Å²) in [6.45, 7) is 1.93. The third-order valence-electron chi connectivity index (χ3n) is 3.71. The first-order chi connectivity index (χ1) is 11.4. The lowest BCUT2D eigenvalue weighted by atomic mass is 9.94. The number of benzene rings is 1. The van der Waals surface area contributed by atoms with Crippen LogP contribution in [0.3, 0.4) is 0 Å². The van der Waals surface area contributed by atoms with Gasteiger partial charge in [0.25, 0.3) is 0 Å². The van der Waals surface area contributed by atoms with E-state index in [1.165, 1.54) is 0 Å². The summed E-state index contributed by atoms with van der Waals surface area (Å²) in [6.07, 6.45) is 0.306. The van der Waals surface area contributed by atoms with E-state index in [2.05, 4.69) is 15.8 Å². The number of carbonyl (C=O) groups is 3. The maximum absolute atomic E-state index is 11.9. The van der Waals surface area contributed by atoms with Gasteiger partial charge in [0.1, 0.15) is 0 Å². The monoisotopic (exact) mass is 332 g/mol. The number of hydrogen-bond donors (Lipinski definition) is 4. The summed E-state index contributed by atoms with van der Waals surface area (Å²) < 4.78 is 0. The molecule has 1 aliphatic heterocycles. The Labute approximate surface area is 139 Å². The maximum Gasteiger partial charge on any atom is 0.303 e. The molecule has 0 radical (unpaired) electrons. The van der Waals surface area contributed by atoms with Gasteiger partial charge in [-0.05, 0) is 24.1 Å². The Hall–Kier alpha value is -2.74. The van der Waals surface area contributed by atoms with E-state index in [-0.39, 0.29) is 24.7 Å². The summed E-state index contributed by atoms with van der Waals surface area (Å²) in [4.78, 5) is 33.7. The van der Waals surface area contributed by atoms with E-state index in [9.17, 15) is 14.4 Å². The number of nitrogens with two attached hydrogens (primary N) is 1. The van der Waals surface area contributed by atoms with Crippen LogP contribution in [0.15, 0.2) is 29.4 Å². The number of rotatable bonds is 6. The molecule has 2 rings (SSSR count). The van der Waals surface area contributed by atoms with Crippen molar-refractivity contribution < 1.29 is 19.5 Å². The molecule has 24 heavy (non-hydrogen) atoms. The fourth-order valence-corrected chi connectivity index (χ4v) is 2.37. The molecule has 0 bridgehead atoms. The Morgan fingerprint density at radius 2 is 2.08 bits per heavy atom. The van der Waals surface area contributed by atoms with Crippen LogP contribution in [-0.4, -0.2) is 34.6 Å². The zero-order valence-electron chi connectivity index (χ0n) is 13.3. The Morgan fingerprint density at radius 3 is 2.67 bits per heavy atom. The Bertz CT molecular complexity index is 669. The number of hydrazone groups is 1. The Balaban J connectivity index is 1.98. The highest BCUT2D eigenvalue weighted by Crippen LogP contribution is 2.18. The number of carboxylic acids is 1. The molecule has 5 N–H and O–H groups in total. The first-order valence-electron chi connectivity index (χ1n) is 7.62. The zero-order valence-corrected chi connectivity index (χ0v) is 13.3. The van der Waals surface area contributed by atoms with Crippen molar-refractivity contribution >= 4 is 29.2 Å². The summed E-state index contributed by atoms with van der Waals surface area (Å²) >= 11 is 0. The minimum Gasteiger partial charge on any atom is -0.481 e. The van der Waals surface area contributed by atoms with E-state index in [1.54, 1.807) is 24.3 Å². The summed E-state index contributed by atoms with van der Waals surface area (Å²) in [6, 6.07) is 6.14. The fraction of sp³-hybridized carbons (Fsp3) is 0.375. The van der Waals surface area contributed by atoms with Crippen molar-refractivity contribution in [3.63, 3.8) is 0 Å². The third-order valence-corrected chi connectivity index (χ3v) is 3.71. The highest BCUT2D eigenvalue weighted by Gasteiger charge is 2.21. The number of hydrogen-bond acceptors (Lipinski definition) is 5. The second kappa shape index (κ2) is 7.69. The van der Waals surface area contributed by atoms with Gasteiger partial charge in [0, 0.05) is 24.4 Å². The lowest BCUT2D eigenvalue weighted by Gasteiger charge is -2.19. The molecule has 1 aromatic carbocycles. The SMILES string of the molecule is CC1CC(=O)NN=C1c1ccc(NC(=O)[C@H](N)CCC(=O)O)cc1. The molecule has 0 fully saturated rings. The first-order valence-corrected chi connectivity index (χ1v) is 7.62. The predicted octanol–water partition coefficient (Wildman–Crippen LogP) is 0.677. The molecule has 8 heteroatoms. The van der Waals surface area contributed by atoms with Gasteiger partial charge in [-0.2, -0.15) is 5.10 Å². The van der Waals surface area contributed by atoms with Crippen LogP contribution in [0, 0.1) is 5.92 Å². The van der Waals surface area contributed by atoms with Crippen LogP contribution in [0.25, 0.3) is 0 Å². The lowest BCUT2D eigenvalue weighted by molar-refractivity contribution is -0.137. The normalized spacial score (nSPS) is 18.3. The van der Waals surface area contributed by atoms with E-state index >= 15 is 0 Å². The molecule has 2 amide bonds. The van der Waals surface area contributed by atoms with Crippen LogP contribution in [0.1, 0.15) is 31.7 Å². The van der Waals surface area contributed by atoms with Gasteiger partial charge >= 0.3 is 5.97 Å². The van der Waals surface area contributed by atoms with Gasteiger partial charge in [-0.15, -0.1) is 0 Å². The number of anilines is 1. The summed E-state index contributed by atoms with van der Waals surface area (Å²) in [7, 11) is 0. The second-order valence-electron chi connectivity index (χ2n) is 5.74. The Morgan fingerprint density at radius 1 is 1.42 bits per heavy atom. The maximum atomic E-state index is 11.9. The predicted molar refractivity (Wildman–Crippen MR) is 88.4 cm³/mol. The third kappa shape index (κ3) is 4.63. The minimum absolute atomic E-state index is 0.0173. The molecule has 1 aromatic rings. The smallest absolute Gasteiger partial charge is 0.303 e. The van der Waals surface area contributed by atoms with E-state index in [0.29, 0.717) is 12.1 Å². The van der Waals surface area contributed by atoms with Crippen molar-refractivity contribution in [2.24, 2.45) is 16.8 Å². The summed E-state index contributed by atoms with van der Waals surface area (Å²) in [5.41, 5.74) is 10.3. The number of aliphatic carboxylic acids is 1. The number of carbonyl (C=O) groups excluding carboxylic acids is 2. The molecule has 0 saturated carbocycles. The molecule has 0 aliphatic carbocycles. The number of amides is 2. The first kappa shape index (κ1) is 17.6. The van der Waals surface area contributed by atoms with E-state index < -0.39 is 17.9 Å². The average molecular weight is 332 g/mol. The molecule has 2 atom stereocenters. The highest BCUT2D eigenvalue weighted by molar-refractivity contribution is 6.06. The zero-order chi connectivity index (χ0) is 17.7. The molecule has 0 spiro atoms. The van der Waals surface area contributed by atoms with E-state index in [0.717, 1.165) is 11.3 Å². The number of carboxylic acid groups (broad SMARTS) is 1. The van der Waals surface area contributed by atoms with E-state index in [4.69, 9.17) is 10.8 Å². The largest absolute Gasteiger partial charge is 0.481 e. The Kier molecular flexibility index (Phi) is 5.64. The summed E-state index contributed by atoms with van der Waals surface area (Å²) in [5, 5.41) is 15.3. The van der Waals surface area contributed by atoms with Crippen molar-refractivity contribution in [1.29, 1.82) is 0 Å². The molecule has 1 aliphatic rings. The van der Waals surface area contributed by atoms with Crippen LogP contribution >= 0.6 is 0 Å². The highest BCUT2D eigenvalue weighted by atomic mass is 16.4. The average Bonchev–Trinajstić information content (AvgIpc) is 2.53. The topological polar surface area (TPSA) is 134 Å². The molecule has 0 saturated heterocycles. The van der Waals surface area contributed by atoms with Crippen molar-refractivity contribution in [2.45, 2.75) is 32.2 Å². The van der Waals surface area contributed by atoms with Gasteiger partial charge in [0.2, 0.25) is 11.8 Å².